The summed E-state index contributed by atoms with van der Waals surface area (Å²) in [5.41, 5.74) is 9.65. The van der Waals surface area contributed by atoms with Gasteiger partial charge in [0.25, 0.3) is 0 Å². The maximum atomic E-state index is 7.44. The Morgan fingerprint density at radius 2 is 1.96 bits per heavy atom. The Morgan fingerprint density at radius 3 is 2.52 bits per heavy atom. The molecule has 0 radical (unpaired) electrons. The van der Waals surface area contributed by atoms with Crippen molar-refractivity contribution < 1.29 is 4.74 Å². The van der Waals surface area contributed by atoms with Gasteiger partial charge in [0.1, 0.15) is 11.4 Å². The number of ether oxygens (including phenoxy) is 1. The van der Waals surface area contributed by atoms with Crippen LogP contribution in [-0.2, 0) is 0 Å². The summed E-state index contributed by atoms with van der Waals surface area (Å²) >= 11 is 3.46. The molecule has 0 unspecified atom stereocenters. The molecule has 0 saturated heterocycles. The van der Waals surface area contributed by atoms with Crippen LogP contribution in [0, 0.1) is 17.9 Å². The van der Waals surface area contributed by atoms with Crippen LogP contribution in [0.15, 0.2) is 33.9 Å². The molecule has 1 aromatic heterocycles. The molecule has 6 nitrogen and oxygen atoms in total. The summed E-state index contributed by atoms with van der Waals surface area (Å²) in [4.78, 5) is 0. The van der Waals surface area contributed by atoms with E-state index in [1.54, 1.807) is 6.07 Å². The molecule has 0 aliphatic rings. The van der Waals surface area contributed by atoms with E-state index in [4.69, 9.17) is 10.3 Å². The first kappa shape index (κ1) is 17.3. The SMILES string of the molecule is Cc1ccc(Oc2ccc(NCC(C)(C)C)c(N=N)c2Br)nn1. The molecule has 2 rings (SSSR count). The second-order valence-corrected chi connectivity index (χ2v) is 7.21. The molecule has 1 heterocycles. The summed E-state index contributed by atoms with van der Waals surface area (Å²) in [7, 11) is 0. The molecule has 7 heteroatoms. The Bertz CT molecular complexity index is 695. The van der Waals surface area contributed by atoms with E-state index in [-0.39, 0.29) is 5.41 Å². The molecule has 0 atom stereocenters. The molecule has 0 spiro atoms. The van der Waals surface area contributed by atoms with Gasteiger partial charge >= 0.3 is 0 Å². The number of halogens is 1. The van der Waals surface area contributed by atoms with Gasteiger partial charge in [0.05, 0.1) is 15.9 Å². The first-order chi connectivity index (χ1) is 10.8. The van der Waals surface area contributed by atoms with Gasteiger partial charge in [-0.2, -0.15) is 10.2 Å². The lowest BCUT2D eigenvalue weighted by atomic mass is 9.97. The second kappa shape index (κ2) is 7.04. The van der Waals surface area contributed by atoms with Gasteiger partial charge in [-0.15, -0.1) is 5.10 Å². The number of rotatable bonds is 5. The number of hydrogen-bond donors (Lipinski definition) is 2. The Hall–Kier alpha value is -2.02. The van der Waals surface area contributed by atoms with E-state index in [9.17, 15) is 0 Å². The Kier molecular flexibility index (Phi) is 5.30. The molecule has 0 amide bonds. The van der Waals surface area contributed by atoms with Gasteiger partial charge in [0.15, 0.2) is 0 Å². The third kappa shape index (κ3) is 4.72. The number of aromatic nitrogens is 2. The number of anilines is 1. The van der Waals surface area contributed by atoms with E-state index in [1.165, 1.54) is 0 Å². The van der Waals surface area contributed by atoms with Gasteiger partial charge in [-0.25, -0.2) is 5.53 Å². The van der Waals surface area contributed by atoms with Crippen molar-refractivity contribution in [1.29, 1.82) is 5.53 Å². The van der Waals surface area contributed by atoms with E-state index >= 15 is 0 Å². The summed E-state index contributed by atoms with van der Waals surface area (Å²) in [5, 5.41) is 14.9. The largest absolute Gasteiger partial charge is 0.436 e. The van der Waals surface area contributed by atoms with Gasteiger partial charge < -0.3 is 10.1 Å². The van der Waals surface area contributed by atoms with Crippen molar-refractivity contribution in [3.05, 3.63) is 34.4 Å². The molecule has 0 fully saturated rings. The minimum absolute atomic E-state index is 0.123. The molecule has 0 aliphatic heterocycles. The van der Waals surface area contributed by atoms with Crippen molar-refractivity contribution in [2.45, 2.75) is 27.7 Å². The number of aryl methyl sites for hydroxylation is 1. The van der Waals surface area contributed by atoms with Gasteiger partial charge in [-0.3, -0.25) is 0 Å². The molecule has 23 heavy (non-hydrogen) atoms. The van der Waals surface area contributed by atoms with Gasteiger partial charge in [-0.1, -0.05) is 20.8 Å². The standard InChI is InChI=1S/C16H20BrN5O/c1-10-5-8-13(22-21-10)23-12-7-6-11(15(20-18)14(12)17)19-9-16(2,3)4/h5-8,18-19H,9H2,1-4H3. The fourth-order valence-electron chi connectivity index (χ4n) is 1.79. The summed E-state index contributed by atoms with van der Waals surface area (Å²) in [6, 6.07) is 7.23. The lowest BCUT2D eigenvalue weighted by Gasteiger charge is -2.21. The lowest BCUT2D eigenvalue weighted by molar-refractivity contribution is 0.442. The average molecular weight is 378 g/mol. The zero-order valence-corrected chi connectivity index (χ0v) is 15.2. The summed E-state index contributed by atoms with van der Waals surface area (Å²) in [6.07, 6.45) is 0. The molecule has 2 aromatic rings. The van der Waals surface area contributed by atoms with Crippen molar-refractivity contribution in [2.75, 3.05) is 11.9 Å². The monoisotopic (exact) mass is 377 g/mol. The van der Waals surface area contributed by atoms with E-state index in [0.717, 1.165) is 17.9 Å². The quantitative estimate of drug-likeness (QED) is 0.677. The Labute approximate surface area is 144 Å². The van der Waals surface area contributed by atoms with Crippen LogP contribution in [0.2, 0.25) is 0 Å². The van der Waals surface area contributed by atoms with Crippen LogP contribution >= 0.6 is 15.9 Å². The fraction of sp³-hybridized carbons (Fsp3) is 0.375. The van der Waals surface area contributed by atoms with Gasteiger partial charge in [0, 0.05) is 12.6 Å². The van der Waals surface area contributed by atoms with E-state index in [0.29, 0.717) is 21.8 Å². The van der Waals surface area contributed by atoms with Crippen LogP contribution in [-0.4, -0.2) is 16.7 Å². The molecule has 122 valence electrons. The third-order valence-electron chi connectivity index (χ3n) is 2.99. The summed E-state index contributed by atoms with van der Waals surface area (Å²) < 4.78 is 6.32. The molecular formula is C16H20BrN5O. The van der Waals surface area contributed by atoms with Crippen molar-refractivity contribution in [2.24, 2.45) is 10.5 Å². The van der Waals surface area contributed by atoms with Gasteiger partial charge in [-0.05, 0) is 46.5 Å². The predicted molar refractivity (Wildman–Crippen MR) is 93.7 cm³/mol. The zero-order valence-electron chi connectivity index (χ0n) is 13.6. The molecule has 1 aromatic carbocycles. The average Bonchev–Trinajstić information content (AvgIpc) is 2.49. The topological polar surface area (TPSA) is 83.2 Å². The smallest absolute Gasteiger partial charge is 0.238 e. The molecule has 0 bridgehead atoms. The highest BCUT2D eigenvalue weighted by Crippen LogP contribution is 2.42. The lowest BCUT2D eigenvalue weighted by Crippen LogP contribution is -2.19. The summed E-state index contributed by atoms with van der Waals surface area (Å²) in [5.74, 6) is 0.929. The maximum absolute atomic E-state index is 7.44. The van der Waals surface area contributed by atoms with Crippen LogP contribution in [0.1, 0.15) is 26.5 Å². The zero-order chi connectivity index (χ0) is 17.0. The summed E-state index contributed by atoms with van der Waals surface area (Å²) in [6.45, 7) is 9.05. The van der Waals surface area contributed by atoms with Crippen molar-refractivity contribution in [3.8, 4) is 11.6 Å². The Balaban J connectivity index is 2.25. The second-order valence-electron chi connectivity index (χ2n) is 6.41. The predicted octanol–water partition coefficient (Wildman–Crippen LogP) is 5.46. The van der Waals surface area contributed by atoms with Crippen molar-refractivity contribution in [1.82, 2.24) is 10.2 Å². The minimum Gasteiger partial charge on any atom is -0.436 e. The number of nitrogens with one attached hydrogen (secondary N) is 2. The van der Waals surface area contributed by atoms with E-state index in [1.807, 2.05) is 25.1 Å². The number of benzene rings is 1. The van der Waals surface area contributed by atoms with Crippen LogP contribution in [0.4, 0.5) is 11.4 Å². The normalized spacial score (nSPS) is 11.2. The third-order valence-corrected chi connectivity index (χ3v) is 3.76. The first-order valence-corrected chi connectivity index (χ1v) is 8.01. The Morgan fingerprint density at radius 1 is 1.22 bits per heavy atom. The highest BCUT2D eigenvalue weighted by atomic mass is 79.9. The fourth-order valence-corrected chi connectivity index (χ4v) is 2.31. The van der Waals surface area contributed by atoms with E-state index in [2.05, 4.69) is 57.3 Å². The minimum atomic E-state index is 0.123. The first-order valence-electron chi connectivity index (χ1n) is 7.22. The molecular weight excluding hydrogens is 358 g/mol. The van der Waals surface area contributed by atoms with Crippen LogP contribution in [0.3, 0.4) is 0 Å². The highest BCUT2D eigenvalue weighted by Gasteiger charge is 2.16. The van der Waals surface area contributed by atoms with Crippen molar-refractivity contribution in [3.63, 3.8) is 0 Å². The molecule has 0 aliphatic carbocycles. The van der Waals surface area contributed by atoms with Gasteiger partial charge in [0.2, 0.25) is 5.88 Å². The van der Waals surface area contributed by atoms with Crippen LogP contribution < -0.4 is 10.1 Å². The highest BCUT2D eigenvalue weighted by molar-refractivity contribution is 9.10. The number of nitrogens with zero attached hydrogens (tertiary/aromatic N) is 3. The molecule has 2 N–H and O–H groups in total. The number of hydrogen-bond acceptors (Lipinski definition) is 6. The maximum Gasteiger partial charge on any atom is 0.238 e. The van der Waals surface area contributed by atoms with Crippen molar-refractivity contribution >= 4 is 27.3 Å². The van der Waals surface area contributed by atoms with E-state index < -0.39 is 0 Å². The van der Waals surface area contributed by atoms with Crippen LogP contribution in [0.5, 0.6) is 11.6 Å². The molecule has 0 saturated carbocycles. The van der Waals surface area contributed by atoms with Crippen LogP contribution in [0.25, 0.3) is 0 Å².